The van der Waals surface area contributed by atoms with E-state index >= 15 is 0 Å². The Morgan fingerprint density at radius 3 is 2.75 bits per heavy atom. The number of hydrogen-bond donors (Lipinski definition) is 1. The quantitative estimate of drug-likeness (QED) is 0.425. The highest BCUT2D eigenvalue weighted by molar-refractivity contribution is 6.01. The molecule has 0 saturated heterocycles. The summed E-state index contributed by atoms with van der Waals surface area (Å²) >= 11 is 0. The number of ether oxygens (including phenoxy) is 2. The Morgan fingerprint density at radius 1 is 1.21 bits per heavy atom. The molecule has 1 aliphatic rings. The lowest BCUT2D eigenvalue weighted by Gasteiger charge is -2.05. The van der Waals surface area contributed by atoms with Crippen LogP contribution in [0.25, 0.3) is 6.08 Å². The van der Waals surface area contributed by atoms with Crippen molar-refractivity contribution in [3.63, 3.8) is 0 Å². The first-order valence-corrected chi connectivity index (χ1v) is 8.54. The fraction of sp³-hybridized carbons (Fsp3) is 0.474. The van der Waals surface area contributed by atoms with E-state index in [1.54, 1.807) is 24.3 Å². The second kappa shape index (κ2) is 9.61. The molecule has 0 bridgehead atoms. The summed E-state index contributed by atoms with van der Waals surface area (Å²) in [7, 11) is 0. The number of nitrogens with zero attached hydrogens (tertiary/aromatic N) is 1. The van der Waals surface area contributed by atoms with Gasteiger partial charge >= 0.3 is 0 Å². The largest absolute Gasteiger partial charge is 0.454 e. The molecule has 0 atom stereocenters. The van der Waals surface area contributed by atoms with Crippen LogP contribution in [0, 0.1) is 11.3 Å². The third-order valence-electron chi connectivity index (χ3n) is 3.89. The molecule has 0 unspecified atom stereocenters. The van der Waals surface area contributed by atoms with Crippen LogP contribution in [0.5, 0.6) is 11.5 Å². The van der Waals surface area contributed by atoms with Gasteiger partial charge in [0.2, 0.25) is 6.79 Å². The van der Waals surface area contributed by atoms with Gasteiger partial charge in [-0.1, -0.05) is 45.1 Å². The van der Waals surface area contributed by atoms with E-state index in [2.05, 4.69) is 12.2 Å². The molecule has 24 heavy (non-hydrogen) atoms. The second-order valence-electron chi connectivity index (χ2n) is 5.81. The number of amides is 1. The van der Waals surface area contributed by atoms with E-state index in [1.165, 1.54) is 25.7 Å². The van der Waals surface area contributed by atoms with E-state index in [1.807, 2.05) is 6.07 Å². The van der Waals surface area contributed by atoms with Gasteiger partial charge in [0, 0.05) is 6.54 Å². The smallest absolute Gasteiger partial charge is 0.261 e. The highest BCUT2D eigenvalue weighted by atomic mass is 16.7. The zero-order chi connectivity index (χ0) is 17.2. The first-order chi connectivity index (χ1) is 11.7. The maximum absolute atomic E-state index is 12.1. The van der Waals surface area contributed by atoms with Crippen LogP contribution in [0.3, 0.4) is 0 Å². The highest BCUT2D eigenvalue weighted by Gasteiger charge is 2.14. The van der Waals surface area contributed by atoms with Gasteiger partial charge in [0.1, 0.15) is 11.6 Å². The molecule has 0 saturated carbocycles. The standard InChI is InChI=1S/C19H24N2O3/c1-2-3-4-5-6-7-10-21-19(22)16(13-20)11-15-8-9-17-18(12-15)24-14-23-17/h8-9,11-12H,2-7,10,14H2,1H3,(H,21,22). The van der Waals surface area contributed by atoms with Crippen molar-refractivity contribution in [1.29, 1.82) is 5.26 Å². The molecule has 1 heterocycles. The summed E-state index contributed by atoms with van der Waals surface area (Å²) in [6.45, 7) is 2.99. The fourth-order valence-corrected chi connectivity index (χ4v) is 2.52. The maximum atomic E-state index is 12.1. The third-order valence-corrected chi connectivity index (χ3v) is 3.89. The number of carbonyl (C=O) groups is 1. The van der Waals surface area contributed by atoms with Gasteiger partial charge in [-0.3, -0.25) is 4.79 Å². The normalized spacial score (nSPS) is 12.8. The van der Waals surface area contributed by atoms with E-state index in [0.29, 0.717) is 18.0 Å². The molecule has 5 nitrogen and oxygen atoms in total. The molecular formula is C19H24N2O3. The monoisotopic (exact) mass is 328 g/mol. The van der Waals surface area contributed by atoms with Crippen LogP contribution in [0.15, 0.2) is 23.8 Å². The number of benzene rings is 1. The van der Waals surface area contributed by atoms with Gasteiger partial charge < -0.3 is 14.8 Å². The molecule has 128 valence electrons. The molecule has 5 heteroatoms. The predicted molar refractivity (Wildman–Crippen MR) is 92.5 cm³/mol. The van der Waals surface area contributed by atoms with Crippen LogP contribution in [-0.2, 0) is 4.79 Å². The van der Waals surface area contributed by atoms with Crippen LogP contribution < -0.4 is 14.8 Å². The average molecular weight is 328 g/mol. The SMILES string of the molecule is CCCCCCCCNC(=O)C(C#N)=Cc1ccc2c(c1)OCO2. The Labute approximate surface area is 143 Å². The third kappa shape index (κ3) is 5.31. The first-order valence-electron chi connectivity index (χ1n) is 8.54. The van der Waals surface area contributed by atoms with Crippen LogP contribution in [0.4, 0.5) is 0 Å². The first kappa shape index (κ1) is 17.9. The Bertz CT molecular complexity index is 632. The van der Waals surface area contributed by atoms with Gasteiger partial charge in [-0.15, -0.1) is 0 Å². The van der Waals surface area contributed by atoms with E-state index in [-0.39, 0.29) is 18.3 Å². The predicted octanol–water partition coefficient (Wildman–Crippen LogP) is 3.80. The minimum atomic E-state index is -0.330. The average Bonchev–Trinajstić information content (AvgIpc) is 3.06. The van der Waals surface area contributed by atoms with Gasteiger partial charge in [-0.2, -0.15) is 5.26 Å². The zero-order valence-electron chi connectivity index (χ0n) is 14.1. The van der Waals surface area contributed by atoms with E-state index in [9.17, 15) is 10.1 Å². The van der Waals surface area contributed by atoms with Gasteiger partial charge in [0.15, 0.2) is 11.5 Å². The number of fused-ring (bicyclic) bond motifs is 1. The molecule has 1 N–H and O–H groups in total. The minimum absolute atomic E-state index is 0.0971. The van der Waals surface area contributed by atoms with Gasteiger partial charge in [0.05, 0.1) is 0 Å². The molecule has 1 amide bonds. The molecule has 0 aliphatic carbocycles. The van der Waals surface area contributed by atoms with Crippen LogP contribution in [0.1, 0.15) is 51.0 Å². The number of unbranched alkanes of at least 4 members (excludes halogenated alkanes) is 5. The van der Waals surface area contributed by atoms with Crippen molar-refractivity contribution in [3.8, 4) is 17.6 Å². The van der Waals surface area contributed by atoms with Crippen LogP contribution in [0.2, 0.25) is 0 Å². The molecular weight excluding hydrogens is 304 g/mol. The van der Waals surface area contributed by atoms with Gasteiger partial charge in [0.25, 0.3) is 5.91 Å². The van der Waals surface area contributed by atoms with Crippen LogP contribution >= 0.6 is 0 Å². The zero-order valence-corrected chi connectivity index (χ0v) is 14.1. The lowest BCUT2D eigenvalue weighted by molar-refractivity contribution is -0.117. The molecule has 0 radical (unpaired) electrons. The van der Waals surface area contributed by atoms with Crippen molar-refractivity contribution in [2.24, 2.45) is 0 Å². The summed E-state index contributed by atoms with van der Waals surface area (Å²) in [6.07, 6.45) is 8.56. The number of rotatable bonds is 9. The Morgan fingerprint density at radius 2 is 1.96 bits per heavy atom. The number of nitriles is 1. The Hall–Kier alpha value is -2.48. The molecule has 0 spiro atoms. The lowest BCUT2D eigenvalue weighted by atomic mass is 10.1. The van der Waals surface area contributed by atoms with Gasteiger partial charge in [-0.05, 0) is 30.2 Å². The highest BCUT2D eigenvalue weighted by Crippen LogP contribution is 2.33. The summed E-state index contributed by atoms with van der Waals surface area (Å²) in [5, 5.41) is 12.0. The molecule has 1 aromatic rings. The molecule has 2 rings (SSSR count). The molecule has 1 aromatic carbocycles. The van der Waals surface area contributed by atoms with Crippen LogP contribution in [-0.4, -0.2) is 19.2 Å². The molecule has 0 fully saturated rings. The van der Waals surface area contributed by atoms with Crippen molar-refractivity contribution >= 4 is 12.0 Å². The topological polar surface area (TPSA) is 71.4 Å². The minimum Gasteiger partial charge on any atom is -0.454 e. The van der Waals surface area contributed by atoms with Crippen molar-refractivity contribution in [2.45, 2.75) is 45.4 Å². The molecule has 0 aromatic heterocycles. The number of nitrogens with one attached hydrogen (secondary N) is 1. The maximum Gasteiger partial charge on any atom is 0.261 e. The van der Waals surface area contributed by atoms with E-state index in [4.69, 9.17) is 9.47 Å². The summed E-state index contributed by atoms with van der Waals surface area (Å²) in [5.74, 6) is 0.982. The number of hydrogen-bond acceptors (Lipinski definition) is 4. The van der Waals surface area contributed by atoms with Gasteiger partial charge in [-0.25, -0.2) is 0 Å². The van der Waals surface area contributed by atoms with E-state index < -0.39 is 0 Å². The summed E-state index contributed by atoms with van der Waals surface area (Å²) in [5.41, 5.74) is 0.838. The number of carbonyl (C=O) groups excluding carboxylic acids is 1. The fourth-order valence-electron chi connectivity index (χ4n) is 2.52. The van der Waals surface area contributed by atoms with Crippen molar-refractivity contribution in [3.05, 3.63) is 29.3 Å². The summed E-state index contributed by atoms with van der Waals surface area (Å²) in [4.78, 5) is 12.1. The van der Waals surface area contributed by atoms with Crippen molar-refractivity contribution < 1.29 is 14.3 Å². The Balaban J connectivity index is 1.82. The Kier molecular flexibility index (Phi) is 7.16. The lowest BCUT2D eigenvalue weighted by Crippen LogP contribution is -2.25. The summed E-state index contributed by atoms with van der Waals surface area (Å²) < 4.78 is 10.5. The van der Waals surface area contributed by atoms with Crippen molar-refractivity contribution in [1.82, 2.24) is 5.32 Å². The summed E-state index contributed by atoms with van der Waals surface area (Å²) in [6, 6.07) is 7.30. The van der Waals surface area contributed by atoms with Crippen molar-refractivity contribution in [2.75, 3.05) is 13.3 Å². The van der Waals surface area contributed by atoms with E-state index in [0.717, 1.165) is 18.4 Å². The second-order valence-corrected chi connectivity index (χ2v) is 5.81. The molecule has 1 aliphatic heterocycles.